The minimum absolute atomic E-state index is 0.191. The SMILES string of the molecule is CCOC(=O)c1c(-n2c(C)cc(/C=C3\SC(=Nc4cc(C)ccc4OC)NC3=O)c2C)sc2c1CCCC2. The van der Waals surface area contributed by atoms with Crippen LogP contribution in [0.2, 0.25) is 0 Å². The Morgan fingerprint density at radius 2 is 1.97 bits per heavy atom. The Labute approximate surface area is 230 Å². The van der Waals surface area contributed by atoms with E-state index in [0.29, 0.717) is 33.7 Å². The maximum Gasteiger partial charge on any atom is 0.341 e. The number of ether oxygens (including phenoxy) is 2. The van der Waals surface area contributed by atoms with Crippen molar-refractivity contribution in [1.29, 1.82) is 0 Å². The number of aryl methyl sites for hydroxylation is 3. The molecule has 9 heteroatoms. The van der Waals surface area contributed by atoms with E-state index in [9.17, 15) is 9.59 Å². The summed E-state index contributed by atoms with van der Waals surface area (Å²) in [7, 11) is 1.60. The maximum absolute atomic E-state index is 13.1. The number of esters is 1. The van der Waals surface area contributed by atoms with Crippen LogP contribution in [0.3, 0.4) is 0 Å². The third-order valence-electron chi connectivity index (χ3n) is 6.80. The van der Waals surface area contributed by atoms with Crippen LogP contribution in [0.25, 0.3) is 11.1 Å². The molecule has 3 heterocycles. The molecular formula is C29H31N3O4S2. The second-order valence-electron chi connectivity index (χ2n) is 9.43. The molecular weight excluding hydrogens is 518 g/mol. The Balaban J connectivity index is 1.51. The molecule has 2 aliphatic rings. The van der Waals surface area contributed by atoms with Gasteiger partial charge in [-0.15, -0.1) is 11.3 Å². The molecule has 3 aromatic rings. The summed E-state index contributed by atoms with van der Waals surface area (Å²) in [6.45, 7) is 8.22. The number of nitrogens with zero attached hydrogens (tertiary/aromatic N) is 2. The number of rotatable bonds is 6. The summed E-state index contributed by atoms with van der Waals surface area (Å²) in [5, 5.41) is 4.29. The second-order valence-corrected chi connectivity index (χ2v) is 11.5. The topological polar surface area (TPSA) is 81.9 Å². The first kappa shape index (κ1) is 26.3. The standard InChI is InChI=1S/C29H31N3O4S2/c1-6-36-28(34)25-20-9-7-8-10-23(20)37-27(25)32-17(3)14-19(18(32)4)15-24-26(33)31-29(38-24)30-21-13-16(2)11-12-22(21)35-5/h11-15H,6-10H2,1-5H3,(H,30,31,33)/b24-15-. The number of thiophene rings is 1. The highest BCUT2D eigenvalue weighted by Gasteiger charge is 2.29. The molecule has 7 nitrogen and oxygen atoms in total. The molecule has 1 fully saturated rings. The molecule has 0 saturated carbocycles. The minimum Gasteiger partial charge on any atom is -0.494 e. The number of carbonyl (C=O) groups is 2. The van der Waals surface area contributed by atoms with Gasteiger partial charge in [-0.05, 0) is 106 Å². The van der Waals surface area contributed by atoms with Crippen LogP contribution in [0.4, 0.5) is 5.69 Å². The molecule has 2 aromatic heterocycles. The molecule has 1 N–H and O–H groups in total. The molecule has 1 aliphatic carbocycles. The smallest absolute Gasteiger partial charge is 0.341 e. The van der Waals surface area contributed by atoms with Crippen LogP contribution < -0.4 is 10.1 Å². The summed E-state index contributed by atoms with van der Waals surface area (Å²) >= 11 is 2.99. The lowest BCUT2D eigenvalue weighted by Gasteiger charge is -2.13. The first-order chi connectivity index (χ1) is 18.3. The Morgan fingerprint density at radius 1 is 1.18 bits per heavy atom. The van der Waals surface area contributed by atoms with E-state index in [1.54, 1.807) is 18.4 Å². The third-order valence-corrected chi connectivity index (χ3v) is 8.99. The predicted octanol–water partition coefficient (Wildman–Crippen LogP) is 6.42. The second kappa shape index (κ2) is 10.8. The molecule has 0 bridgehead atoms. The summed E-state index contributed by atoms with van der Waals surface area (Å²) in [5.41, 5.74) is 6.46. The molecule has 0 atom stereocenters. The highest BCUT2D eigenvalue weighted by Crippen LogP contribution is 2.40. The Bertz CT molecular complexity index is 1500. The van der Waals surface area contributed by atoms with Crippen molar-refractivity contribution in [3.8, 4) is 10.8 Å². The minimum atomic E-state index is -0.257. The number of fused-ring (bicyclic) bond motifs is 1. The summed E-state index contributed by atoms with van der Waals surface area (Å²) in [5.74, 6) is 0.200. The van der Waals surface area contributed by atoms with E-state index in [2.05, 4.69) is 20.9 Å². The van der Waals surface area contributed by atoms with E-state index < -0.39 is 0 Å². The number of amidine groups is 1. The van der Waals surface area contributed by atoms with Crippen molar-refractivity contribution in [1.82, 2.24) is 9.88 Å². The summed E-state index contributed by atoms with van der Waals surface area (Å²) < 4.78 is 13.0. The van der Waals surface area contributed by atoms with Crippen molar-refractivity contribution < 1.29 is 19.1 Å². The first-order valence-corrected chi connectivity index (χ1v) is 14.4. The number of nitrogens with one attached hydrogen (secondary N) is 1. The Kier molecular flexibility index (Phi) is 7.49. The molecule has 0 spiro atoms. The fraction of sp³-hybridized carbons (Fsp3) is 0.345. The van der Waals surface area contributed by atoms with Gasteiger partial charge in [0.05, 0.1) is 24.2 Å². The number of hydrogen-bond acceptors (Lipinski definition) is 7. The summed E-state index contributed by atoms with van der Waals surface area (Å²) in [6.07, 6.45) is 6.02. The van der Waals surface area contributed by atoms with Crippen molar-refractivity contribution in [2.45, 2.75) is 53.4 Å². The van der Waals surface area contributed by atoms with Gasteiger partial charge in [0.15, 0.2) is 5.17 Å². The fourth-order valence-corrected chi connectivity index (χ4v) is 7.30. The Morgan fingerprint density at radius 3 is 2.74 bits per heavy atom. The van der Waals surface area contributed by atoms with Gasteiger partial charge in [0, 0.05) is 16.3 Å². The maximum atomic E-state index is 13.1. The lowest BCUT2D eigenvalue weighted by Crippen LogP contribution is -2.19. The summed E-state index contributed by atoms with van der Waals surface area (Å²) in [4.78, 5) is 32.4. The molecule has 1 amide bonds. The molecule has 0 unspecified atom stereocenters. The van der Waals surface area contributed by atoms with Crippen molar-refractivity contribution in [3.05, 3.63) is 67.7 Å². The van der Waals surface area contributed by atoms with Crippen LogP contribution in [-0.2, 0) is 22.4 Å². The Hall–Kier alpha value is -3.30. The highest BCUT2D eigenvalue weighted by molar-refractivity contribution is 8.18. The van der Waals surface area contributed by atoms with Gasteiger partial charge in [-0.2, -0.15) is 0 Å². The van der Waals surface area contributed by atoms with Gasteiger partial charge in [-0.25, -0.2) is 9.79 Å². The van der Waals surface area contributed by atoms with Gasteiger partial charge in [-0.1, -0.05) is 6.07 Å². The first-order valence-electron chi connectivity index (χ1n) is 12.8. The molecule has 198 valence electrons. The number of aromatic nitrogens is 1. The van der Waals surface area contributed by atoms with Gasteiger partial charge in [0.25, 0.3) is 5.91 Å². The van der Waals surface area contributed by atoms with Crippen LogP contribution in [-0.4, -0.2) is 35.3 Å². The van der Waals surface area contributed by atoms with Crippen LogP contribution >= 0.6 is 23.1 Å². The largest absolute Gasteiger partial charge is 0.494 e. The molecule has 0 radical (unpaired) electrons. The summed E-state index contributed by atoms with van der Waals surface area (Å²) in [6, 6.07) is 7.81. The predicted molar refractivity (Wildman–Crippen MR) is 154 cm³/mol. The molecule has 38 heavy (non-hydrogen) atoms. The number of benzene rings is 1. The molecule has 1 aromatic carbocycles. The quantitative estimate of drug-likeness (QED) is 0.283. The normalized spacial score (nSPS) is 17.1. The fourth-order valence-electron chi connectivity index (χ4n) is 4.99. The van der Waals surface area contributed by atoms with Crippen molar-refractivity contribution >= 4 is 51.9 Å². The lowest BCUT2D eigenvalue weighted by atomic mass is 9.95. The zero-order chi connectivity index (χ0) is 27.0. The van der Waals surface area contributed by atoms with Crippen molar-refractivity contribution in [3.63, 3.8) is 0 Å². The van der Waals surface area contributed by atoms with E-state index >= 15 is 0 Å². The zero-order valence-electron chi connectivity index (χ0n) is 22.3. The van der Waals surface area contributed by atoms with Crippen LogP contribution in [0, 0.1) is 20.8 Å². The monoisotopic (exact) mass is 549 g/mol. The van der Waals surface area contributed by atoms with Gasteiger partial charge < -0.3 is 19.4 Å². The number of amides is 1. The van der Waals surface area contributed by atoms with Gasteiger partial charge in [0.2, 0.25) is 0 Å². The van der Waals surface area contributed by atoms with E-state index in [-0.39, 0.29) is 11.9 Å². The van der Waals surface area contributed by atoms with Crippen LogP contribution in [0.1, 0.15) is 63.1 Å². The lowest BCUT2D eigenvalue weighted by molar-refractivity contribution is -0.115. The number of thioether (sulfide) groups is 1. The van der Waals surface area contributed by atoms with E-state index in [1.165, 1.54) is 16.6 Å². The molecule has 1 aliphatic heterocycles. The van der Waals surface area contributed by atoms with E-state index in [4.69, 9.17) is 9.47 Å². The number of methoxy groups -OCH3 is 1. The van der Waals surface area contributed by atoms with Gasteiger partial charge >= 0.3 is 5.97 Å². The third kappa shape index (κ3) is 4.92. The van der Waals surface area contributed by atoms with Gasteiger partial charge in [0.1, 0.15) is 16.4 Å². The average Bonchev–Trinajstić information content (AvgIpc) is 3.51. The van der Waals surface area contributed by atoms with Crippen molar-refractivity contribution in [2.24, 2.45) is 4.99 Å². The number of carbonyl (C=O) groups excluding carboxylic acids is 2. The average molecular weight is 550 g/mol. The molecule has 5 rings (SSSR count). The van der Waals surface area contributed by atoms with Crippen molar-refractivity contribution in [2.75, 3.05) is 13.7 Å². The van der Waals surface area contributed by atoms with Crippen LogP contribution in [0.15, 0.2) is 34.2 Å². The molecule has 1 saturated heterocycles. The van der Waals surface area contributed by atoms with E-state index in [1.807, 2.05) is 52.0 Å². The number of aliphatic imine (C=N–C) groups is 1. The van der Waals surface area contributed by atoms with E-state index in [0.717, 1.165) is 58.8 Å². The highest BCUT2D eigenvalue weighted by atomic mass is 32.2. The van der Waals surface area contributed by atoms with Gasteiger partial charge in [-0.3, -0.25) is 4.79 Å². The zero-order valence-corrected chi connectivity index (χ0v) is 23.9. The van der Waals surface area contributed by atoms with Crippen LogP contribution in [0.5, 0.6) is 5.75 Å². The number of hydrogen-bond donors (Lipinski definition) is 1.